The summed E-state index contributed by atoms with van der Waals surface area (Å²) in [5.41, 5.74) is 1.14. The van der Waals surface area contributed by atoms with Gasteiger partial charge in [0.1, 0.15) is 5.75 Å². The van der Waals surface area contributed by atoms with E-state index in [1.54, 1.807) is 7.11 Å². The van der Waals surface area contributed by atoms with Gasteiger partial charge in [-0.2, -0.15) is 0 Å². The zero-order valence-electron chi connectivity index (χ0n) is 15.2. The molecule has 1 spiro atoms. The molecule has 3 rings (SSSR count). The molecule has 1 saturated carbocycles. The zero-order valence-corrected chi connectivity index (χ0v) is 15.2. The molecule has 4 nitrogen and oxygen atoms in total. The van der Waals surface area contributed by atoms with Gasteiger partial charge in [0.05, 0.1) is 32.5 Å². The minimum absolute atomic E-state index is 0.104. The van der Waals surface area contributed by atoms with Crippen LogP contribution in [-0.4, -0.2) is 31.7 Å². The maximum absolute atomic E-state index is 6.30. The summed E-state index contributed by atoms with van der Waals surface area (Å²) in [6, 6.07) is 8.00. The van der Waals surface area contributed by atoms with Crippen molar-refractivity contribution in [1.82, 2.24) is 0 Å². The molecule has 0 unspecified atom stereocenters. The summed E-state index contributed by atoms with van der Waals surface area (Å²) >= 11 is 0. The van der Waals surface area contributed by atoms with Crippen molar-refractivity contribution < 1.29 is 18.9 Å². The van der Waals surface area contributed by atoms with Gasteiger partial charge in [-0.05, 0) is 37.0 Å². The summed E-state index contributed by atoms with van der Waals surface area (Å²) in [6.45, 7) is 5.13. The highest BCUT2D eigenvalue weighted by Gasteiger charge is 2.42. The van der Waals surface area contributed by atoms with Crippen LogP contribution in [0.15, 0.2) is 36.9 Å². The van der Waals surface area contributed by atoms with E-state index >= 15 is 0 Å². The molecule has 1 aromatic carbocycles. The lowest BCUT2D eigenvalue weighted by molar-refractivity contribution is -0.189. The van der Waals surface area contributed by atoms with Crippen molar-refractivity contribution in [1.29, 1.82) is 0 Å². The number of rotatable bonds is 8. The van der Waals surface area contributed by atoms with E-state index < -0.39 is 0 Å². The minimum atomic E-state index is -0.308. The van der Waals surface area contributed by atoms with Crippen LogP contribution in [-0.2, 0) is 20.8 Å². The van der Waals surface area contributed by atoms with E-state index in [4.69, 9.17) is 18.9 Å². The number of ether oxygens (including phenoxy) is 4. The highest BCUT2D eigenvalue weighted by Crippen LogP contribution is 2.39. The summed E-state index contributed by atoms with van der Waals surface area (Å²) in [7, 11) is 1.67. The second-order valence-electron chi connectivity index (χ2n) is 7.06. The second-order valence-corrected chi connectivity index (χ2v) is 7.06. The normalized spacial score (nSPS) is 23.5. The molecule has 0 bridgehead atoms. The molecular formula is C21H30O4. The third-order valence-corrected chi connectivity index (χ3v) is 5.13. The highest BCUT2D eigenvalue weighted by molar-refractivity contribution is 5.26. The van der Waals surface area contributed by atoms with Gasteiger partial charge >= 0.3 is 0 Å². The van der Waals surface area contributed by atoms with Gasteiger partial charge in [0.2, 0.25) is 0 Å². The number of hydrogen-bond acceptors (Lipinski definition) is 4. The van der Waals surface area contributed by atoms with Crippen LogP contribution in [0.1, 0.15) is 50.5 Å². The van der Waals surface area contributed by atoms with Crippen molar-refractivity contribution in [2.45, 2.75) is 69.5 Å². The van der Waals surface area contributed by atoms with Crippen LogP contribution in [0.2, 0.25) is 0 Å². The summed E-state index contributed by atoms with van der Waals surface area (Å²) in [5.74, 6) is 0.554. The molecule has 1 heterocycles. The van der Waals surface area contributed by atoms with Crippen LogP contribution in [0.5, 0.6) is 5.75 Å². The smallest absolute Gasteiger partial charge is 0.168 e. The van der Waals surface area contributed by atoms with Crippen molar-refractivity contribution in [3.63, 3.8) is 0 Å². The van der Waals surface area contributed by atoms with Gasteiger partial charge in [-0.3, -0.25) is 0 Å². The van der Waals surface area contributed by atoms with Gasteiger partial charge in [-0.15, -0.1) is 6.58 Å². The lowest BCUT2D eigenvalue weighted by atomic mass is 9.94. The summed E-state index contributed by atoms with van der Waals surface area (Å²) in [6.07, 6.45) is 9.59. The van der Waals surface area contributed by atoms with Gasteiger partial charge < -0.3 is 18.9 Å². The van der Waals surface area contributed by atoms with E-state index in [0.717, 1.165) is 37.0 Å². The van der Waals surface area contributed by atoms with Gasteiger partial charge in [0.15, 0.2) is 5.79 Å². The molecule has 4 heteroatoms. The monoisotopic (exact) mass is 346 g/mol. The molecule has 2 atom stereocenters. The van der Waals surface area contributed by atoms with Crippen LogP contribution in [0.4, 0.5) is 0 Å². The predicted octanol–water partition coefficient (Wildman–Crippen LogP) is 4.62. The summed E-state index contributed by atoms with van der Waals surface area (Å²) < 4.78 is 23.7. The van der Waals surface area contributed by atoms with E-state index in [1.165, 1.54) is 19.3 Å². The van der Waals surface area contributed by atoms with E-state index in [2.05, 4.69) is 6.58 Å². The largest absolute Gasteiger partial charge is 0.497 e. The molecule has 2 aliphatic rings. The van der Waals surface area contributed by atoms with Gasteiger partial charge in [0.25, 0.3) is 0 Å². The number of methoxy groups -OCH3 is 1. The van der Waals surface area contributed by atoms with Gasteiger partial charge in [-0.1, -0.05) is 24.6 Å². The second kappa shape index (κ2) is 8.84. The quantitative estimate of drug-likeness (QED) is 0.644. The summed E-state index contributed by atoms with van der Waals surface area (Å²) in [5, 5.41) is 0. The molecule has 25 heavy (non-hydrogen) atoms. The fraction of sp³-hybridized carbons (Fsp3) is 0.619. The van der Waals surface area contributed by atoms with E-state index in [0.29, 0.717) is 13.2 Å². The molecule has 0 radical (unpaired) electrons. The van der Waals surface area contributed by atoms with Crippen LogP contribution >= 0.6 is 0 Å². The first-order chi connectivity index (χ1) is 12.2. The number of benzene rings is 1. The van der Waals surface area contributed by atoms with Crippen molar-refractivity contribution in [2.24, 2.45) is 0 Å². The molecule has 1 saturated heterocycles. The van der Waals surface area contributed by atoms with E-state index in [-0.39, 0.29) is 18.0 Å². The lowest BCUT2D eigenvalue weighted by Gasteiger charge is -2.32. The fourth-order valence-corrected chi connectivity index (χ4v) is 3.73. The Morgan fingerprint density at radius 3 is 2.68 bits per heavy atom. The minimum Gasteiger partial charge on any atom is -0.497 e. The number of hydrogen-bond donors (Lipinski definition) is 0. The van der Waals surface area contributed by atoms with Crippen LogP contribution in [0, 0.1) is 0 Å². The Balaban J connectivity index is 1.49. The van der Waals surface area contributed by atoms with Crippen LogP contribution in [0.25, 0.3) is 0 Å². The SMILES string of the molecule is C=CC[C@@H](C[C@H]1COC2(CCCCC2)O1)OCc1ccc(OC)cc1. The first-order valence-electron chi connectivity index (χ1n) is 9.40. The lowest BCUT2D eigenvalue weighted by Crippen LogP contribution is -2.34. The van der Waals surface area contributed by atoms with Crippen molar-refractivity contribution in [2.75, 3.05) is 13.7 Å². The van der Waals surface area contributed by atoms with Crippen molar-refractivity contribution in [3.8, 4) is 5.75 Å². The molecule has 0 amide bonds. The maximum atomic E-state index is 6.30. The Hall–Kier alpha value is -1.36. The third kappa shape index (κ3) is 5.06. The Kier molecular flexibility index (Phi) is 6.51. The maximum Gasteiger partial charge on any atom is 0.168 e. The van der Waals surface area contributed by atoms with Crippen LogP contribution in [0.3, 0.4) is 0 Å². The Morgan fingerprint density at radius 2 is 2.00 bits per heavy atom. The first-order valence-corrected chi connectivity index (χ1v) is 9.40. The molecule has 1 aliphatic heterocycles. The van der Waals surface area contributed by atoms with E-state index in [1.807, 2.05) is 30.3 Å². The molecular weight excluding hydrogens is 316 g/mol. The summed E-state index contributed by atoms with van der Waals surface area (Å²) in [4.78, 5) is 0. The predicted molar refractivity (Wildman–Crippen MR) is 97.6 cm³/mol. The first kappa shape index (κ1) is 18.4. The molecule has 1 aromatic rings. The molecule has 0 N–H and O–H groups in total. The van der Waals surface area contributed by atoms with E-state index in [9.17, 15) is 0 Å². The highest BCUT2D eigenvalue weighted by atomic mass is 16.7. The Morgan fingerprint density at radius 1 is 1.24 bits per heavy atom. The fourth-order valence-electron chi connectivity index (χ4n) is 3.73. The topological polar surface area (TPSA) is 36.9 Å². The Bertz CT molecular complexity index is 533. The molecule has 0 aromatic heterocycles. The van der Waals surface area contributed by atoms with Gasteiger partial charge in [-0.25, -0.2) is 0 Å². The van der Waals surface area contributed by atoms with Crippen molar-refractivity contribution in [3.05, 3.63) is 42.5 Å². The van der Waals surface area contributed by atoms with Gasteiger partial charge in [0, 0.05) is 19.3 Å². The average molecular weight is 346 g/mol. The molecule has 2 fully saturated rings. The average Bonchev–Trinajstić information content (AvgIpc) is 3.03. The standard InChI is InChI=1S/C21H30O4/c1-3-7-19(23-15-17-8-10-18(22-2)11-9-17)14-20-16-24-21(25-20)12-5-4-6-13-21/h3,8-11,19-20H,1,4-7,12-16H2,2H3/t19-,20-/m0/s1. The van der Waals surface area contributed by atoms with Crippen molar-refractivity contribution >= 4 is 0 Å². The molecule has 1 aliphatic carbocycles. The molecule has 138 valence electrons. The van der Waals surface area contributed by atoms with Crippen LogP contribution < -0.4 is 4.74 Å². The third-order valence-electron chi connectivity index (χ3n) is 5.13. The zero-order chi connectivity index (χ0) is 17.5. The Labute approximate surface area is 151 Å².